The van der Waals surface area contributed by atoms with Gasteiger partial charge in [-0.05, 0) is 36.8 Å². The molecule has 2 aromatic heterocycles. The van der Waals surface area contributed by atoms with Crippen LogP contribution in [-0.4, -0.2) is 28.8 Å². The molecule has 0 aliphatic carbocycles. The number of rotatable bonds is 7. The van der Waals surface area contributed by atoms with Gasteiger partial charge in [0.1, 0.15) is 12.4 Å². The van der Waals surface area contributed by atoms with Crippen LogP contribution in [-0.2, 0) is 13.2 Å². The Labute approximate surface area is 157 Å². The second kappa shape index (κ2) is 8.35. The third-order valence-electron chi connectivity index (χ3n) is 4.08. The molecule has 7 heteroatoms. The minimum absolute atomic E-state index is 0.145. The van der Waals surface area contributed by atoms with Gasteiger partial charge in [0.15, 0.2) is 17.3 Å². The van der Waals surface area contributed by atoms with E-state index in [0.717, 1.165) is 11.3 Å². The third kappa shape index (κ3) is 4.44. The van der Waals surface area contributed by atoms with E-state index in [4.69, 9.17) is 14.2 Å². The molecule has 0 aliphatic heterocycles. The van der Waals surface area contributed by atoms with Crippen LogP contribution in [0.4, 0.5) is 0 Å². The number of pyridine rings is 1. The van der Waals surface area contributed by atoms with E-state index in [1.54, 1.807) is 37.2 Å². The zero-order chi connectivity index (χ0) is 19.2. The first-order valence-electron chi connectivity index (χ1n) is 8.42. The first kappa shape index (κ1) is 18.4. The maximum Gasteiger partial charge on any atom is 0.254 e. The van der Waals surface area contributed by atoms with E-state index in [2.05, 4.69) is 9.97 Å². The van der Waals surface area contributed by atoms with Crippen LogP contribution in [0, 0.1) is 6.92 Å². The molecule has 0 fully saturated rings. The molecule has 0 aliphatic rings. The number of aryl methyl sites for hydroxylation is 1. The van der Waals surface area contributed by atoms with Gasteiger partial charge in [-0.15, -0.1) is 0 Å². The van der Waals surface area contributed by atoms with E-state index >= 15 is 0 Å². The van der Waals surface area contributed by atoms with E-state index in [-0.39, 0.29) is 12.2 Å². The lowest BCUT2D eigenvalue weighted by Crippen LogP contribution is -2.22. The fourth-order valence-corrected chi connectivity index (χ4v) is 2.70. The van der Waals surface area contributed by atoms with Gasteiger partial charge >= 0.3 is 0 Å². The van der Waals surface area contributed by atoms with Crippen molar-refractivity contribution in [2.75, 3.05) is 14.2 Å². The molecule has 3 rings (SSSR count). The molecule has 0 spiro atoms. The molecule has 0 amide bonds. The first-order valence-corrected chi connectivity index (χ1v) is 8.42. The van der Waals surface area contributed by atoms with Gasteiger partial charge in [0.2, 0.25) is 0 Å². The second-order valence-electron chi connectivity index (χ2n) is 5.90. The zero-order valence-corrected chi connectivity index (χ0v) is 15.5. The molecule has 1 aromatic carbocycles. The average molecular weight is 367 g/mol. The molecular formula is C20H21N3O4. The second-order valence-corrected chi connectivity index (χ2v) is 5.90. The Bertz CT molecular complexity index is 971. The topological polar surface area (TPSA) is 75.5 Å². The van der Waals surface area contributed by atoms with Crippen molar-refractivity contribution >= 4 is 0 Å². The van der Waals surface area contributed by atoms with Gasteiger partial charge in [0, 0.05) is 24.2 Å². The maximum absolute atomic E-state index is 12.5. The van der Waals surface area contributed by atoms with Gasteiger partial charge in [-0.2, -0.15) is 0 Å². The normalized spacial score (nSPS) is 10.5. The van der Waals surface area contributed by atoms with Crippen LogP contribution in [0.3, 0.4) is 0 Å². The van der Waals surface area contributed by atoms with Gasteiger partial charge in [-0.1, -0.05) is 6.07 Å². The lowest BCUT2D eigenvalue weighted by atomic mass is 10.2. The van der Waals surface area contributed by atoms with Crippen LogP contribution >= 0.6 is 0 Å². The van der Waals surface area contributed by atoms with Gasteiger partial charge in [-0.25, -0.2) is 9.97 Å². The molecule has 0 atom stereocenters. The van der Waals surface area contributed by atoms with Crippen LogP contribution in [0.15, 0.2) is 53.6 Å². The summed E-state index contributed by atoms with van der Waals surface area (Å²) in [7, 11) is 3.17. The highest BCUT2D eigenvalue weighted by Gasteiger charge is 2.09. The highest BCUT2D eigenvalue weighted by Crippen LogP contribution is 2.28. The molecular weight excluding hydrogens is 346 g/mol. The average Bonchev–Trinajstić information content (AvgIpc) is 2.69. The van der Waals surface area contributed by atoms with Gasteiger partial charge in [-0.3, -0.25) is 4.79 Å². The molecule has 2 heterocycles. The van der Waals surface area contributed by atoms with Crippen molar-refractivity contribution in [2.45, 2.75) is 20.1 Å². The van der Waals surface area contributed by atoms with Crippen LogP contribution in [0.25, 0.3) is 0 Å². The van der Waals surface area contributed by atoms with Crippen molar-refractivity contribution in [1.82, 2.24) is 14.5 Å². The van der Waals surface area contributed by atoms with Crippen molar-refractivity contribution in [3.05, 3.63) is 76.2 Å². The number of methoxy groups -OCH3 is 2. The number of ether oxygens (including phenoxy) is 3. The molecule has 0 radical (unpaired) electrons. The Morgan fingerprint density at radius 2 is 1.74 bits per heavy atom. The van der Waals surface area contributed by atoms with Crippen molar-refractivity contribution < 1.29 is 14.2 Å². The van der Waals surface area contributed by atoms with E-state index in [0.29, 0.717) is 29.6 Å². The Morgan fingerprint density at radius 1 is 1.00 bits per heavy atom. The summed E-state index contributed by atoms with van der Waals surface area (Å²) in [6, 6.07) is 10.6. The summed E-state index contributed by atoms with van der Waals surface area (Å²) in [5.74, 6) is 2.33. The predicted octanol–water partition coefficient (Wildman–Crippen LogP) is 2.59. The Hall–Kier alpha value is -3.35. The van der Waals surface area contributed by atoms with Gasteiger partial charge in [0.05, 0.1) is 20.8 Å². The number of nitrogens with zero attached hydrogens (tertiary/aromatic N) is 3. The highest BCUT2D eigenvalue weighted by atomic mass is 16.5. The van der Waals surface area contributed by atoms with Crippen molar-refractivity contribution in [3.63, 3.8) is 0 Å². The van der Waals surface area contributed by atoms with Crippen LogP contribution in [0.1, 0.15) is 17.1 Å². The van der Waals surface area contributed by atoms with E-state index in [1.807, 2.05) is 31.2 Å². The summed E-state index contributed by atoms with van der Waals surface area (Å²) in [6.07, 6.45) is 3.30. The molecule has 0 unspecified atom stereocenters. The Kier molecular flexibility index (Phi) is 5.71. The van der Waals surface area contributed by atoms with Crippen LogP contribution in [0.2, 0.25) is 0 Å². The molecule has 3 aromatic rings. The van der Waals surface area contributed by atoms with Crippen LogP contribution in [0.5, 0.6) is 17.2 Å². The summed E-state index contributed by atoms with van der Waals surface area (Å²) in [6.45, 7) is 2.50. The highest BCUT2D eigenvalue weighted by molar-refractivity contribution is 5.43. The fourth-order valence-electron chi connectivity index (χ4n) is 2.70. The maximum atomic E-state index is 12.5. The number of hydrogen-bond donors (Lipinski definition) is 0. The number of hydrogen-bond acceptors (Lipinski definition) is 6. The Balaban J connectivity index is 1.78. The smallest absolute Gasteiger partial charge is 0.254 e. The predicted molar refractivity (Wildman–Crippen MR) is 100 cm³/mol. The molecule has 140 valence electrons. The van der Waals surface area contributed by atoms with E-state index in [1.165, 1.54) is 6.07 Å². The summed E-state index contributed by atoms with van der Waals surface area (Å²) >= 11 is 0. The molecule has 0 saturated heterocycles. The van der Waals surface area contributed by atoms with Crippen LogP contribution < -0.4 is 19.8 Å². The lowest BCUT2D eigenvalue weighted by molar-refractivity contribution is 0.294. The monoisotopic (exact) mass is 367 g/mol. The molecule has 0 N–H and O–H groups in total. The number of benzene rings is 1. The molecule has 27 heavy (non-hydrogen) atoms. The van der Waals surface area contributed by atoms with Gasteiger partial charge in [0.25, 0.3) is 5.56 Å². The third-order valence-corrected chi connectivity index (χ3v) is 4.08. The lowest BCUT2D eigenvalue weighted by Gasteiger charge is -2.14. The Morgan fingerprint density at radius 3 is 2.41 bits per heavy atom. The standard InChI is InChI=1S/C20H21N3O4/c1-14-9-16(27-13-19-21-7-4-8-22-19)11-20(24)23(14)12-15-5-6-17(25-2)18(10-15)26-3/h4-11H,12-13H2,1-3H3. The fraction of sp³-hybridized carbons (Fsp3) is 0.250. The van der Waals surface area contributed by atoms with Gasteiger partial charge < -0.3 is 18.8 Å². The first-order chi connectivity index (χ1) is 13.1. The molecule has 7 nitrogen and oxygen atoms in total. The molecule has 0 bridgehead atoms. The summed E-state index contributed by atoms with van der Waals surface area (Å²) in [4.78, 5) is 20.8. The quantitative estimate of drug-likeness (QED) is 0.639. The summed E-state index contributed by atoms with van der Waals surface area (Å²) < 4.78 is 17.9. The largest absolute Gasteiger partial charge is 0.493 e. The molecule has 0 saturated carbocycles. The zero-order valence-electron chi connectivity index (χ0n) is 15.5. The van der Waals surface area contributed by atoms with Crippen molar-refractivity contribution in [3.8, 4) is 17.2 Å². The number of aromatic nitrogens is 3. The minimum Gasteiger partial charge on any atom is -0.493 e. The van der Waals surface area contributed by atoms with Crippen molar-refractivity contribution in [1.29, 1.82) is 0 Å². The summed E-state index contributed by atoms with van der Waals surface area (Å²) in [5, 5.41) is 0. The summed E-state index contributed by atoms with van der Waals surface area (Å²) in [5.41, 5.74) is 1.58. The van der Waals surface area contributed by atoms with E-state index in [9.17, 15) is 4.79 Å². The van der Waals surface area contributed by atoms with E-state index < -0.39 is 0 Å². The SMILES string of the molecule is COc1ccc(Cn2c(C)cc(OCc3ncccn3)cc2=O)cc1OC. The van der Waals surface area contributed by atoms with Crippen molar-refractivity contribution in [2.24, 2.45) is 0 Å². The minimum atomic E-state index is -0.145.